The molecular weight excluding hydrogens is 649 g/mol. The minimum atomic E-state index is 0.000442. The Kier molecular flexibility index (Phi) is 25.3. The van der Waals surface area contributed by atoms with Gasteiger partial charge in [-0.05, 0) is 151 Å². The largest absolute Gasteiger partial charge is 0.378 e. The normalized spacial score (nSPS) is 25.9. The Balaban J connectivity index is 2.29. The number of carbonyl (C=O) groups excluding carboxylic acids is 1. The monoisotopic (exact) mass is 737 g/mol. The maximum absolute atomic E-state index is 13.8. The molecule has 0 aliphatic heterocycles. The minimum absolute atomic E-state index is 0.000442. The Labute approximate surface area is 322 Å². The molecular formula is C44H88N4O4. The van der Waals surface area contributed by atoms with Crippen molar-refractivity contribution in [3.63, 3.8) is 0 Å². The summed E-state index contributed by atoms with van der Waals surface area (Å²) < 4.78 is 19.7. The first kappa shape index (κ1) is 47.4. The van der Waals surface area contributed by atoms with Gasteiger partial charge in [-0.1, -0.05) is 67.2 Å². The highest BCUT2D eigenvalue weighted by atomic mass is 16.5. The van der Waals surface area contributed by atoms with Crippen molar-refractivity contribution in [3.8, 4) is 0 Å². The summed E-state index contributed by atoms with van der Waals surface area (Å²) in [6.07, 6.45) is 22.4. The van der Waals surface area contributed by atoms with Gasteiger partial charge >= 0.3 is 0 Å². The molecule has 0 saturated heterocycles. The lowest BCUT2D eigenvalue weighted by atomic mass is 9.61. The summed E-state index contributed by atoms with van der Waals surface area (Å²) in [5.74, 6) is 3.10. The van der Waals surface area contributed by atoms with Crippen molar-refractivity contribution in [2.24, 2.45) is 52.2 Å². The van der Waals surface area contributed by atoms with E-state index < -0.39 is 0 Å². The van der Waals surface area contributed by atoms with Gasteiger partial charge in [0, 0.05) is 39.3 Å². The van der Waals surface area contributed by atoms with Crippen LogP contribution in [0.2, 0.25) is 0 Å². The zero-order chi connectivity index (χ0) is 38.2. The number of amides is 1. The topological polar surface area (TPSA) is 126 Å². The van der Waals surface area contributed by atoms with Crippen LogP contribution in [0, 0.1) is 35.0 Å². The fourth-order valence-corrected chi connectivity index (χ4v) is 9.75. The predicted molar refractivity (Wildman–Crippen MR) is 219 cm³/mol. The summed E-state index contributed by atoms with van der Waals surface area (Å²) >= 11 is 0. The van der Waals surface area contributed by atoms with Crippen LogP contribution in [-0.4, -0.2) is 81.7 Å². The predicted octanol–water partition coefficient (Wildman–Crippen LogP) is 8.86. The molecule has 1 amide bonds. The third-order valence-electron chi connectivity index (χ3n) is 13.3. The van der Waals surface area contributed by atoms with E-state index in [0.717, 1.165) is 96.9 Å². The highest BCUT2D eigenvalue weighted by Gasteiger charge is 2.54. The maximum Gasteiger partial charge on any atom is 0.222 e. The summed E-state index contributed by atoms with van der Waals surface area (Å²) in [6.45, 7) is 20.3. The minimum Gasteiger partial charge on any atom is -0.378 e. The molecule has 2 fully saturated rings. The van der Waals surface area contributed by atoms with Gasteiger partial charge in [-0.25, -0.2) is 0 Å². The van der Waals surface area contributed by atoms with Crippen LogP contribution in [-0.2, 0) is 19.0 Å². The lowest BCUT2D eigenvalue weighted by Gasteiger charge is -2.48. The van der Waals surface area contributed by atoms with Gasteiger partial charge in [0.1, 0.15) is 0 Å². The van der Waals surface area contributed by atoms with E-state index in [0.29, 0.717) is 74.3 Å². The number of nitrogens with zero attached hydrogens (tertiary/aromatic N) is 1. The molecule has 0 aromatic carbocycles. The Hall–Kier alpha value is -0.770. The molecule has 7 atom stereocenters. The molecule has 2 saturated carbocycles. The van der Waals surface area contributed by atoms with Crippen LogP contribution in [0.3, 0.4) is 0 Å². The van der Waals surface area contributed by atoms with Crippen LogP contribution in [0.4, 0.5) is 0 Å². The van der Waals surface area contributed by atoms with Gasteiger partial charge in [0.25, 0.3) is 0 Å². The number of unbranched alkanes of at least 4 members (excludes halogenated alkanes) is 4. The zero-order valence-corrected chi connectivity index (χ0v) is 35.2. The molecule has 0 aromatic heterocycles. The van der Waals surface area contributed by atoms with Gasteiger partial charge in [0.05, 0.1) is 18.3 Å². The van der Waals surface area contributed by atoms with Gasteiger partial charge < -0.3 is 36.3 Å². The van der Waals surface area contributed by atoms with Crippen molar-refractivity contribution >= 4 is 5.91 Å². The zero-order valence-electron chi connectivity index (χ0n) is 35.2. The number of nitrogens with two attached hydrogens (primary N) is 3. The third kappa shape index (κ3) is 16.1. The van der Waals surface area contributed by atoms with E-state index >= 15 is 0 Å². The number of hydrogen-bond donors (Lipinski definition) is 3. The van der Waals surface area contributed by atoms with Crippen molar-refractivity contribution in [1.82, 2.24) is 4.90 Å². The van der Waals surface area contributed by atoms with E-state index in [4.69, 9.17) is 31.4 Å². The summed E-state index contributed by atoms with van der Waals surface area (Å²) in [5.41, 5.74) is 17.6. The van der Waals surface area contributed by atoms with Gasteiger partial charge in [-0.15, -0.1) is 0 Å². The fraction of sp³-hybridized carbons (Fsp3) is 0.977. The second-order valence-electron chi connectivity index (χ2n) is 17.1. The van der Waals surface area contributed by atoms with Crippen molar-refractivity contribution in [2.45, 2.75) is 188 Å². The maximum atomic E-state index is 13.8. The molecule has 52 heavy (non-hydrogen) atoms. The number of carbonyl (C=O) groups is 1. The Morgan fingerprint density at radius 1 is 0.750 bits per heavy atom. The first-order valence-corrected chi connectivity index (χ1v) is 22.4. The molecule has 0 heterocycles. The summed E-state index contributed by atoms with van der Waals surface area (Å²) in [4.78, 5) is 16.0. The van der Waals surface area contributed by atoms with Crippen LogP contribution in [0.15, 0.2) is 0 Å². The van der Waals surface area contributed by atoms with E-state index in [1.165, 1.54) is 51.4 Å². The van der Waals surface area contributed by atoms with Crippen LogP contribution < -0.4 is 17.2 Å². The summed E-state index contributed by atoms with van der Waals surface area (Å²) in [6, 6.07) is 0. The SMILES string of the molecule is CCCCCN(CCCCC)C(=O)CC[C@@H](C)[C@H]1CC[C@@H](C[C@@H](CC)OCCCN)[C@]1(C)[C@H](C[C@@H](C)C1CCC(OCCCN)CC1)OCCCN. The molecule has 6 N–H and O–H groups in total. The van der Waals surface area contributed by atoms with Crippen molar-refractivity contribution < 1.29 is 19.0 Å². The Bertz CT molecular complexity index is 876. The van der Waals surface area contributed by atoms with Crippen LogP contribution in [0.5, 0.6) is 0 Å². The van der Waals surface area contributed by atoms with Gasteiger partial charge in [0.15, 0.2) is 0 Å². The Morgan fingerprint density at radius 2 is 1.35 bits per heavy atom. The van der Waals surface area contributed by atoms with Crippen LogP contribution in [0.1, 0.15) is 170 Å². The second kappa shape index (κ2) is 27.8. The summed E-state index contributed by atoms with van der Waals surface area (Å²) in [5, 5.41) is 0. The smallest absolute Gasteiger partial charge is 0.222 e. The van der Waals surface area contributed by atoms with Crippen molar-refractivity contribution in [2.75, 3.05) is 52.5 Å². The first-order valence-electron chi connectivity index (χ1n) is 22.4. The van der Waals surface area contributed by atoms with Crippen molar-refractivity contribution in [3.05, 3.63) is 0 Å². The van der Waals surface area contributed by atoms with Crippen molar-refractivity contribution in [1.29, 1.82) is 0 Å². The lowest BCUT2D eigenvalue weighted by molar-refractivity contribution is -0.132. The first-order chi connectivity index (χ1) is 25.2. The van der Waals surface area contributed by atoms with Crippen LogP contribution in [0.25, 0.3) is 0 Å². The molecule has 2 rings (SSSR count). The van der Waals surface area contributed by atoms with Crippen LogP contribution >= 0.6 is 0 Å². The standard InChI is InChI=1S/C44H88N4O4/c1-7-10-12-28-48(29-13-11-8-2)43(49)24-17-35(4)41-23-20-38(34-39(9-3)50-30-14-25-45)44(41,6)42(52-32-16-27-47)33-36(5)37-18-21-40(22-19-37)51-31-15-26-46/h35-42H,7-34,45-47H2,1-6H3/t35-,36-,37?,38+,39-,40?,41-,42+,44+/m1/s1. The average molecular weight is 737 g/mol. The lowest BCUT2D eigenvalue weighted by Crippen LogP contribution is -2.47. The highest BCUT2D eigenvalue weighted by Crippen LogP contribution is 2.57. The number of rotatable bonds is 31. The van der Waals surface area contributed by atoms with E-state index in [1.807, 2.05) is 0 Å². The van der Waals surface area contributed by atoms with E-state index in [2.05, 4.69) is 46.4 Å². The molecule has 308 valence electrons. The molecule has 0 aromatic rings. The molecule has 0 spiro atoms. The van der Waals surface area contributed by atoms with E-state index in [9.17, 15) is 4.79 Å². The fourth-order valence-electron chi connectivity index (χ4n) is 9.75. The number of ether oxygens (including phenoxy) is 3. The number of hydrogen-bond acceptors (Lipinski definition) is 7. The molecule has 0 bridgehead atoms. The van der Waals surface area contributed by atoms with E-state index in [-0.39, 0.29) is 17.6 Å². The van der Waals surface area contributed by atoms with E-state index in [1.54, 1.807) is 0 Å². The quantitative estimate of drug-likeness (QED) is 0.0607. The third-order valence-corrected chi connectivity index (χ3v) is 13.3. The molecule has 0 unspecified atom stereocenters. The van der Waals surface area contributed by atoms with Gasteiger partial charge in [-0.2, -0.15) is 0 Å². The summed E-state index contributed by atoms with van der Waals surface area (Å²) in [7, 11) is 0. The highest BCUT2D eigenvalue weighted by molar-refractivity contribution is 5.76. The molecule has 0 radical (unpaired) electrons. The molecule has 2 aliphatic rings. The Morgan fingerprint density at radius 3 is 1.92 bits per heavy atom. The van der Waals surface area contributed by atoms with Gasteiger partial charge in [0.2, 0.25) is 5.91 Å². The molecule has 8 nitrogen and oxygen atoms in total. The molecule has 8 heteroatoms. The second-order valence-corrected chi connectivity index (χ2v) is 17.1. The van der Waals surface area contributed by atoms with Gasteiger partial charge in [-0.3, -0.25) is 4.79 Å². The average Bonchev–Trinajstić information content (AvgIpc) is 3.48. The molecule has 2 aliphatic carbocycles.